The van der Waals surface area contributed by atoms with E-state index in [-0.39, 0.29) is 24.4 Å². The van der Waals surface area contributed by atoms with Crippen molar-refractivity contribution in [3.05, 3.63) is 64.7 Å². The van der Waals surface area contributed by atoms with E-state index < -0.39 is 0 Å². The fraction of sp³-hybridized carbons (Fsp3) is 0.350. The van der Waals surface area contributed by atoms with Crippen LogP contribution in [0.2, 0.25) is 5.02 Å². The second kappa shape index (κ2) is 9.81. The summed E-state index contributed by atoms with van der Waals surface area (Å²) in [6.07, 6.45) is 2.35. The molecule has 0 aromatic heterocycles. The van der Waals surface area contributed by atoms with E-state index in [1.54, 1.807) is 0 Å². The highest BCUT2D eigenvalue weighted by Crippen LogP contribution is 2.18. The van der Waals surface area contributed by atoms with Crippen LogP contribution in [0.3, 0.4) is 0 Å². The number of nitrogens with zero attached hydrogens (tertiary/aromatic N) is 1. The third-order valence-electron chi connectivity index (χ3n) is 4.36. The summed E-state index contributed by atoms with van der Waals surface area (Å²) >= 11 is 5.99. The van der Waals surface area contributed by atoms with E-state index in [4.69, 9.17) is 22.1 Å². The van der Waals surface area contributed by atoms with Gasteiger partial charge in [0.15, 0.2) is 0 Å². The summed E-state index contributed by atoms with van der Waals surface area (Å²) in [6.45, 7) is 1.90. The van der Waals surface area contributed by atoms with Crippen LogP contribution in [0.15, 0.2) is 48.5 Å². The lowest BCUT2D eigenvalue weighted by atomic mass is 10.0. The third-order valence-corrected chi connectivity index (χ3v) is 4.59. The van der Waals surface area contributed by atoms with Crippen molar-refractivity contribution >= 4 is 29.9 Å². The van der Waals surface area contributed by atoms with E-state index in [9.17, 15) is 4.79 Å². The Morgan fingerprint density at radius 3 is 2.73 bits per heavy atom. The molecule has 0 bridgehead atoms. The Morgan fingerprint density at radius 1 is 1.19 bits per heavy atom. The van der Waals surface area contributed by atoms with Crippen LogP contribution < -0.4 is 10.5 Å². The molecule has 3 rings (SSSR count). The molecule has 2 aromatic carbocycles. The zero-order valence-corrected chi connectivity index (χ0v) is 16.1. The first-order valence-electron chi connectivity index (χ1n) is 8.60. The van der Waals surface area contributed by atoms with Crippen LogP contribution in [-0.2, 0) is 17.8 Å². The van der Waals surface area contributed by atoms with Gasteiger partial charge < -0.3 is 15.4 Å². The molecule has 1 unspecified atom stereocenters. The van der Waals surface area contributed by atoms with E-state index in [1.165, 1.54) is 0 Å². The van der Waals surface area contributed by atoms with E-state index in [0.717, 1.165) is 36.3 Å². The van der Waals surface area contributed by atoms with Gasteiger partial charge in [0.25, 0.3) is 0 Å². The van der Waals surface area contributed by atoms with E-state index in [0.29, 0.717) is 24.6 Å². The normalized spacial score (nSPS) is 16.7. The van der Waals surface area contributed by atoms with Crippen LogP contribution in [0.4, 0.5) is 0 Å². The summed E-state index contributed by atoms with van der Waals surface area (Å²) in [5, 5.41) is 0.695. The van der Waals surface area contributed by atoms with Crippen LogP contribution in [0.25, 0.3) is 0 Å². The molecule has 1 saturated heterocycles. The molecule has 1 fully saturated rings. The second-order valence-corrected chi connectivity index (χ2v) is 6.92. The number of benzene rings is 2. The number of nitrogens with two attached hydrogens (primary N) is 1. The first-order valence-corrected chi connectivity index (χ1v) is 8.97. The lowest BCUT2D eigenvalue weighted by Crippen LogP contribution is -2.46. The minimum Gasteiger partial charge on any atom is -0.489 e. The van der Waals surface area contributed by atoms with Gasteiger partial charge in [-0.25, -0.2) is 0 Å². The number of halogens is 2. The predicted octanol–water partition coefficient (Wildman–Crippen LogP) is 3.83. The number of rotatable bonds is 5. The molecule has 0 aliphatic carbocycles. The molecule has 6 heteroatoms. The number of hydrogen-bond acceptors (Lipinski definition) is 3. The first-order chi connectivity index (χ1) is 12.1. The Balaban J connectivity index is 0.00000243. The lowest BCUT2D eigenvalue weighted by Gasteiger charge is -2.30. The quantitative estimate of drug-likeness (QED) is 0.837. The monoisotopic (exact) mass is 394 g/mol. The molecular formula is C20H24Cl2N2O2. The summed E-state index contributed by atoms with van der Waals surface area (Å²) in [5.41, 5.74) is 7.92. The number of ether oxygens (including phenoxy) is 1. The number of hydrogen-bond donors (Lipinski definition) is 1. The Bertz CT molecular complexity index is 739. The number of piperidine rings is 1. The summed E-state index contributed by atoms with van der Waals surface area (Å²) in [5.74, 6) is 0.878. The molecule has 1 amide bonds. The topological polar surface area (TPSA) is 55.6 Å². The average molecular weight is 395 g/mol. The molecule has 1 heterocycles. The Hall–Kier alpha value is -1.75. The van der Waals surface area contributed by atoms with Crippen molar-refractivity contribution in [1.29, 1.82) is 0 Å². The SMILES string of the molecule is Cl.NC1CCCN(C(=O)Cc2cccc(OCc3cccc(Cl)c3)c2)C1. The smallest absolute Gasteiger partial charge is 0.227 e. The summed E-state index contributed by atoms with van der Waals surface area (Å²) in [7, 11) is 0. The van der Waals surface area contributed by atoms with Crippen LogP contribution in [0.5, 0.6) is 5.75 Å². The Kier molecular flexibility index (Phi) is 7.76. The molecule has 1 aliphatic rings. The van der Waals surface area contributed by atoms with Crippen molar-refractivity contribution in [2.24, 2.45) is 5.73 Å². The van der Waals surface area contributed by atoms with Gasteiger partial charge in [-0.1, -0.05) is 35.9 Å². The molecule has 26 heavy (non-hydrogen) atoms. The lowest BCUT2D eigenvalue weighted by molar-refractivity contribution is -0.131. The fourth-order valence-corrected chi connectivity index (χ4v) is 3.27. The van der Waals surface area contributed by atoms with Gasteiger partial charge in [-0.05, 0) is 48.2 Å². The van der Waals surface area contributed by atoms with Crippen molar-refractivity contribution < 1.29 is 9.53 Å². The fourth-order valence-electron chi connectivity index (χ4n) is 3.06. The van der Waals surface area contributed by atoms with Gasteiger partial charge in [0, 0.05) is 24.2 Å². The molecule has 1 aliphatic heterocycles. The number of carbonyl (C=O) groups excluding carboxylic acids is 1. The van der Waals surface area contributed by atoms with Crippen LogP contribution in [0.1, 0.15) is 24.0 Å². The van der Waals surface area contributed by atoms with Crippen LogP contribution >= 0.6 is 24.0 Å². The molecular weight excluding hydrogens is 371 g/mol. The van der Waals surface area contributed by atoms with E-state index in [2.05, 4.69) is 0 Å². The maximum atomic E-state index is 12.5. The molecule has 0 radical (unpaired) electrons. The number of carbonyl (C=O) groups is 1. The van der Waals surface area contributed by atoms with Crippen LogP contribution in [0, 0.1) is 0 Å². The molecule has 1 atom stereocenters. The zero-order valence-electron chi connectivity index (χ0n) is 14.6. The van der Waals surface area contributed by atoms with Gasteiger partial charge in [-0.2, -0.15) is 0 Å². The maximum absolute atomic E-state index is 12.5. The van der Waals surface area contributed by atoms with Crippen molar-refractivity contribution in [3.63, 3.8) is 0 Å². The first kappa shape index (κ1) is 20.6. The van der Waals surface area contributed by atoms with Crippen molar-refractivity contribution in [3.8, 4) is 5.75 Å². The van der Waals surface area contributed by atoms with E-state index in [1.807, 2.05) is 53.4 Å². The van der Waals surface area contributed by atoms with E-state index >= 15 is 0 Å². The third kappa shape index (κ3) is 5.90. The molecule has 2 aromatic rings. The highest BCUT2D eigenvalue weighted by Gasteiger charge is 2.21. The van der Waals surface area contributed by atoms with Crippen molar-refractivity contribution in [1.82, 2.24) is 4.90 Å². The maximum Gasteiger partial charge on any atom is 0.227 e. The van der Waals surface area contributed by atoms with Crippen LogP contribution in [-0.4, -0.2) is 29.9 Å². The molecule has 4 nitrogen and oxygen atoms in total. The summed E-state index contributed by atoms with van der Waals surface area (Å²) < 4.78 is 5.83. The number of likely N-dealkylation sites (tertiary alicyclic amines) is 1. The molecule has 0 saturated carbocycles. The van der Waals surface area contributed by atoms with Gasteiger partial charge in [0.1, 0.15) is 12.4 Å². The van der Waals surface area contributed by atoms with Crippen molar-refractivity contribution in [2.75, 3.05) is 13.1 Å². The summed E-state index contributed by atoms with van der Waals surface area (Å²) in [6, 6.07) is 15.4. The highest BCUT2D eigenvalue weighted by molar-refractivity contribution is 6.30. The predicted molar refractivity (Wildman–Crippen MR) is 107 cm³/mol. The minimum absolute atomic E-state index is 0. The van der Waals surface area contributed by atoms with Gasteiger partial charge in [0.2, 0.25) is 5.91 Å². The van der Waals surface area contributed by atoms with Gasteiger partial charge in [-0.3, -0.25) is 4.79 Å². The standard InChI is InChI=1S/C20H23ClN2O2.ClH/c21-17-6-1-5-16(10-17)14-25-19-8-2-4-15(11-19)12-20(24)23-9-3-7-18(22)13-23;/h1-2,4-6,8,10-11,18H,3,7,9,12-14,22H2;1H. The summed E-state index contributed by atoms with van der Waals surface area (Å²) in [4.78, 5) is 14.3. The molecule has 0 spiro atoms. The van der Waals surface area contributed by atoms with Gasteiger partial charge in [-0.15, -0.1) is 12.4 Å². The number of amides is 1. The van der Waals surface area contributed by atoms with Gasteiger partial charge >= 0.3 is 0 Å². The second-order valence-electron chi connectivity index (χ2n) is 6.48. The largest absolute Gasteiger partial charge is 0.489 e. The molecule has 140 valence electrons. The Labute approximate surface area is 165 Å². The average Bonchev–Trinajstić information content (AvgIpc) is 2.60. The minimum atomic E-state index is 0. The highest BCUT2D eigenvalue weighted by atomic mass is 35.5. The van der Waals surface area contributed by atoms with Gasteiger partial charge in [0.05, 0.1) is 6.42 Å². The van der Waals surface area contributed by atoms with Crippen molar-refractivity contribution in [2.45, 2.75) is 31.9 Å². The molecule has 2 N–H and O–H groups in total. The zero-order chi connectivity index (χ0) is 17.6. The Morgan fingerprint density at radius 2 is 1.96 bits per heavy atom.